The van der Waals surface area contributed by atoms with E-state index in [4.69, 9.17) is 5.73 Å². The molecule has 3 aromatic rings. The van der Waals surface area contributed by atoms with Crippen LogP contribution >= 0.6 is 0 Å². The molecule has 3 rings (SSSR count). The summed E-state index contributed by atoms with van der Waals surface area (Å²) in [5.74, 6) is 0.115. The molecule has 4 nitrogen and oxygen atoms in total. The van der Waals surface area contributed by atoms with Gasteiger partial charge in [0.25, 0.3) is 0 Å². The fraction of sp³-hybridized carbons (Fsp3) is 0.118. The van der Waals surface area contributed by atoms with Crippen molar-refractivity contribution in [3.63, 3.8) is 0 Å². The van der Waals surface area contributed by atoms with Gasteiger partial charge in [-0.25, -0.2) is 0 Å². The molecule has 0 aliphatic rings. The Balaban J connectivity index is 2.12. The number of nitrogens with two attached hydrogens (primary N) is 1. The second kappa shape index (κ2) is 4.98. The van der Waals surface area contributed by atoms with E-state index in [2.05, 4.69) is 9.98 Å². The van der Waals surface area contributed by atoms with Crippen molar-refractivity contribution in [1.82, 2.24) is 4.98 Å². The van der Waals surface area contributed by atoms with Crippen LogP contribution in [0.3, 0.4) is 0 Å². The Morgan fingerprint density at radius 1 is 1.14 bits per heavy atom. The van der Waals surface area contributed by atoms with E-state index < -0.39 is 0 Å². The van der Waals surface area contributed by atoms with Crippen LogP contribution in [0.15, 0.2) is 47.5 Å². The number of anilines is 1. The maximum absolute atomic E-state index is 10.1. The third-order valence-corrected chi connectivity index (χ3v) is 3.50. The number of H-pyrrole nitrogens is 1. The summed E-state index contributed by atoms with van der Waals surface area (Å²) < 4.78 is 0. The Bertz CT molecular complexity index is 829. The minimum Gasteiger partial charge on any atom is -0.494 e. The summed E-state index contributed by atoms with van der Waals surface area (Å²) in [6.07, 6.45) is 0. The van der Waals surface area contributed by atoms with E-state index in [-0.39, 0.29) is 5.88 Å². The number of fused-ring (bicyclic) bond motifs is 1. The summed E-state index contributed by atoms with van der Waals surface area (Å²) in [5.41, 5.74) is 10.8. The van der Waals surface area contributed by atoms with E-state index in [9.17, 15) is 5.11 Å². The number of aryl methyl sites for hydroxylation is 1. The number of aromatic nitrogens is 1. The molecular formula is C17H17N3O. The maximum Gasteiger partial charge on any atom is 0.198 e. The number of benzene rings is 2. The lowest BCUT2D eigenvalue weighted by Crippen LogP contribution is -1.94. The predicted molar refractivity (Wildman–Crippen MR) is 87.4 cm³/mol. The van der Waals surface area contributed by atoms with Crippen LogP contribution in [-0.4, -0.2) is 15.8 Å². The monoisotopic (exact) mass is 279 g/mol. The van der Waals surface area contributed by atoms with Gasteiger partial charge in [0, 0.05) is 16.6 Å². The normalized spacial score (nSPS) is 12.0. The zero-order valence-electron chi connectivity index (χ0n) is 12.0. The molecule has 21 heavy (non-hydrogen) atoms. The molecule has 0 radical (unpaired) electrons. The van der Waals surface area contributed by atoms with Crippen LogP contribution in [0.4, 0.5) is 11.4 Å². The first kappa shape index (κ1) is 13.2. The number of nitrogens with zero attached hydrogens (tertiary/aromatic N) is 1. The Morgan fingerprint density at radius 3 is 2.57 bits per heavy atom. The van der Waals surface area contributed by atoms with Gasteiger partial charge < -0.3 is 15.8 Å². The van der Waals surface area contributed by atoms with Gasteiger partial charge >= 0.3 is 0 Å². The van der Waals surface area contributed by atoms with Gasteiger partial charge in [0.1, 0.15) is 0 Å². The molecule has 2 aromatic carbocycles. The zero-order chi connectivity index (χ0) is 15.0. The van der Waals surface area contributed by atoms with E-state index in [0.29, 0.717) is 11.3 Å². The third kappa shape index (κ3) is 2.48. The molecule has 0 atom stereocenters. The maximum atomic E-state index is 10.1. The Kier molecular flexibility index (Phi) is 3.14. The average molecular weight is 279 g/mol. The Labute approximate surface area is 123 Å². The highest BCUT2D eigenvalue weighted by atomic mass is 16.3. The van der Waals surface area contributed by atoms with Crippen LogP contribution in [0.1, 0.15) is 18.1 Å². The Morgan fingerprint density at radius 2 is 1.86 bits per heavy atom. The van der Waals surface area contributed by atoms with Gasteiger partial charge in [-0.15, -0.1) is 0 Å². The molecule has 0 spiro atoms. The van der Waals surface area contributed by atoms with Crippen LogP contribution in [0.2, 0.25) is 0 Å². The minimum absolute atomic E-state index is 0.115. The molecule has 4 heteroatoms. The van der Waals surface area contributed by atoms with Crippen molar-refractivity contribution in [2.24, 2.45) is 4.99 Å². The van der Waals surface area contributed by atoms with Gasteiger partial charge in [0.05, 0.1) is 17.0 Å². The highest BCUT2D eigenvalue weighted by Gasteiger charge is 2.13. The number of aromatic hydroxyl groups is 1. The van der Waals surface area contributed by atoms with Gasteiger partial charge in [-0.3, -0.25) is 4.99 Å². The fourth-order valence-corrected chi connectivity index (χ4v) is 2.43. The molecule has 1 heterocycles. The summed E-state index contributed by atoms with van der Waals surface area (Å²) in [6.45, 7) is 3.92. The van der Waals surface area contributed by atoms with Crippen LogP contribution in [0, 0.1) is 6.92 Å². The van der Waals surface area contributed by atoms with Crippen LogP contribution in [-0.2, 0) is 0 Å². The summed E-state index contributed by atoms with van der Waals surface area (Å²) >= 11 is 0. The number of nitrogens with one attached hydrogen (secondary N) is 1. The van der Waals surface area contributed by atoms with Gasteiger partial charge in [-0.2, -0.15) is 0 Å². The standard InChI is InChI=1S/C17H17N3O/c1-10-3-6-13(7-4-10)19-11(2)16-14-9-12(18)5-8-15(14)20-17(16)21/h3-9,20-21H,18H2,1-2H3. The number of nitrogen functional groups attached to an aromatic ring is 1. The second-order valence-corrected chi connectivity index (χ2v) is 5.19. The van der Waals surface area contributed by atoms with Crippen molar-refractivity contribution in [3.05, 3.63) is 53.6 Å². The average Bonchev–Trinajstić information content (AvgIpc) is 2.76. The summed E-state index contributed by atoms with van der Waals surface area (Å²) in [5, 5.41) is 11.0. The van der Waals surface area contributed by atoms with E-state index in [1.807, 2.05) is 50.2 Å². The first-order valence-electron chi connectivity index (χ1n) is 6.77. The van der Waals surface area contributed by atoms with Gasteiger partial charge in [0.2, 0.25) is 0 Å². The van der Waals surface area contributed by atoms with Crippen LogP contribution < -0.4 is 5.73 Å². The predicted octanol–water partition coefficient (Wildman–Crippen LogP) is 3.90. The third-order valence-electron chi connectivity index (χ3n) is 3.50. The summed E-state index contributed by atoms with van der Waals surface area (Å²) in [7, 11) is 0. The molecule has 0 amide bonds. The molecule has 0 aliphatic carbocycles. The fourth-order valence-electron chi connectivity index (χ4n) is 2.43. The summed E-state index contributed by atoms with van der Waals surface area (Å²) in [6, 6.07) is 13.4. The molecule has 0 fully saturated rings. The topological polar surface area (TPSA) is 74.4 Å². The van der Waals surface area contributed by atoms with E-state index >= 15 is 0 Å². The van der Waals surface area contributed by atoms with Crippen molar-refractivity contribution in [1.29, 1.82) is 0 Å². The molecule has 106 valence electrons. The minimum atomic E-state index is 0.115. The van der Waals surface area contributed by atoms with Gasteiger partial charge in [0.15, 0.2) is 5.88 Å². The largest absolute Gasteiger partial charge is 0.494 e. The molecule has 4 N–H and O–H groups in total. The molecule has 0 saturated heterocycles. The zero-order valence-corrected chi connectivity index (χ0v) is 12.0. The van der Waals surface area contributed by atoms with Gasteiger partial charge in [-0.05, 0) is 44.2 Å². The SMILES string of the molecule is CC(=Nc1ccc(C)cc1)c1c(O)[nH]c2ccc(N)cc12. The van der Waals surface area contributed by atoms with E-state index in [1.165, 1.54) is 5.56 Å². The number of aliphatic imine (C=N–C) groups is 1. The number of hydrogen-bond acceptors (Lipinski definition) is 3. The molecular weight excluding hydrogens is 262 g/mol. The van der Waals surface area contributed by atoms with E-state index in [0.717, 1.165) is 22.3 Å². The van der Waals surface area contributed by atoms with Gasteiger partial charge in [-0.1, -0.05) is 17.7 Å². The van der Waals surface area contributed by atoms with E-state index in [1.54, 1.807) is 6.07 Å². The first-order chi connectivity index (χ1) is 10.0. The van der Waals surface area contributed by atoms with Crippen molar-refractivity contribution in [3.8, 4) is 5.88 Å². The quantitative estimate of drug-likeness (QED) is 0.491. The highest BCUT2D eigenvalue weighted by Crippen LogP contribution is 2.30. The number of aromatic amines is 1. The molecule has 1 aromatic heterocycles. The lowest BCUT2D eigenvalue weighted by Gasteiger charge is -2.02. The first-order valence-corrected chi connectivity index (χ1v) is 6.77. The number of rotatable bonds is 2. The van der Waals surface area contributed by atoms with Crippen molar-refractivity contribution < 1.29 is 5.11 Å². The smallest absolute Gasteiger partial charge is 0.198 e. The molecule has 0 unspecified atom stereocenters. The molecule has 0 saturated carbocycles. The Hall–Kier alpha value is -2.75. The lowest BCUT2D eigenvalue weighted by molar-refractivity contribution is 0.457. The van der Waals surface area contributed by atoms with Crippen molar-refractivity contribution in [2.75, 3.05) is 5.73 Å². The number of hydrogen-bond donors (Lipinski definition) is 3. The second-order valence-electron chi connectivity index (χ2n) is 5.19. The lowest BCUT2D eigenvalue weighted by atomic mass is 10.1. The van der Waals surface area contributed by atoms with Crippen LogP contribution in [0.25, 0.3) is 10.9 Å². The summed E-state index contributed by atoms with van der Waals surface area (Å²) in [4.78, 5) is 7.53. The van der Waals surface area contributed by atoms with Crippen LogP contribution in [0.5, 0.6) is 5.88 Å². The highest BCUT2D eigenvalue weighted by molar-refractivity contribution is 6.13. The molecule has 0 bridgehead atoms. The van der Waals surface area contributed by atoms with Crippen molar-refractivity contribution >= 4 is 28.0 Å². The molecule has 0 aliphatic heterocycles. The van der Waals surface area contributed by atoms with Crippen molar-refractivity contribution in [2.45, 2.75) is 13.8 Å².